The van der Waals surface area contributed by atoms with Gasteiger partial charge in [-0.2, -0.15) is 0 Å². The van der Waals surface area contributed by atoms with Gasteiger partial charge in [-0.3, -0.25) is 0 Å². The molecule has 1 saturated heterocycles. The fraction of sp³-hybridized carbons (Fsp3) is 0.667. The highest BCUT2D eigenvalue weighted by atomic mass is 35.7. The number of halogens is 1. The zero-order valence-corrected chi connectivity index (χ0v) is 10.4. The van der Waals surface area contributed by atoms with E-state index in [2.05, 4.69) is 4.98 Å². The largest absolute Gasteiger partial charge is 0.373 e. The van der Waals surface area contributed by atoms with Crippen molar-refractivity contribution < 1.29 is 13.2 Å². The average molecular weight is 265 g/mol. The van der Waals surface area contributed by atoms with E-state index < -0.39 is 9.05 Å². The van der Waals surface area contributed by atoms with E-state index in [1.807, 2.05) is 6.92 Å². The number of nitrogens with zero attached hydrogens (tertiary/aromatic N) is 2. The summed E-state index contributed by atoms with van der Waals surface area (Å²) in [6, 6.07) is 0. The molecule has 0 bridgehead atoms. The van der Waals surface area contributed by atoms with Gasteiger partial charge in [0.05, 0.1) is 18.5 Å². The monoisotopic (exact) mass is 264 g/mol. The van der Waals surface area contributed by atoms with E-state index in [4.69, 9.17) is 15.4 Å². The lowest BCUT2D eigenvalue weighted by Crippen LogP contribution is -2.15. The fourth-order valence-corrected chi connectivity index (χ4v) is 2.49. The Kier molecular flexibility index (Phi) is 3.23. The molecule has 16 heavy (non-hydrogen) atoms. The standard InChI is InChI=1S/C9H13ClN2O3S/c1-7-2-3-8(15-7)4-12-5-9(11-6-12)16(10,13)14/h5-8H,2-4H2,1H3. The minimum Gasteiger partial charge on any atom is -0.373 e. The molecule has 1 aromatic rings. The molecular weight excluding hydrogens is 252 g/mol. The molecule has 0 saturated carbocycles. The summed E-state index contributed by atoms with van der Waals surface area (Å²) in [5.41, 5.74) is 0. The van der Waals surface area contributed by atoms with Crippen LogP contribution in [0.5, 0.6) is 0 Å². The van der Waals surface area contributed by atoms with E-state index in [1.54, 1.807) is 4.57 Å². The molecule has 0 radical (unpaired) electrons. The maximum absolute atomic E-state index is 11.0. The van der Waals surface area contributed by atoms with Crippen molar-refractivity contribution in [3.05, 3.63) is 12.5 Å². The van der Waals surface area contributed by atoms with E-state index >= 15 is 0 Å². The third kappa shape index (κ3) is 2.75. The Bertz CT molecular complexity index is 471. The number of rotatable bonds is 3. The van der Waals surface area contributed by atoms with Crippen LogP contribution >= 0.6 is 10.7 Å². The molecule has 2 rings (SSSR count). The molecule has 7 heteroatoms. The highest BCUT2D eigenvalue weighted by molar-refractivity contribution is 8.13. The lowest BCUT2D eigenvalue weighted by molar-refractivity contribution is 0.0457. The number of aromatic nitrogens is 2. The van der Waals surface area contributed by atoms with Crippen molar-refractivity contribution in [1.82, 2.24) is 9.55 Å². The molecule has 5 nitrogen and oxygen atoms in total. The summed E-state index contributed by atoms with van der Waals surface area (Å²) in [6.45, 7) is 2.65. The second-order valence-electron chi connectivity index (χ2n) is 3.99. The van der Waals surface area contributed by atoms with Crippen molar-refractivity contribution in [2.24, 2.45) is 0 Å². The van der Waals surface area contributed by atoms with Crippen molar-refractivity contribution >= 4 is 19.7 Å². The quantitative estimate of drug-likeness (QED) is 0.774. The first-order valence-electron chi connectivity index (χ1n) is 5.07. The molecule has 0 spiro atoms. The lowest BCUT2D eigenvalue weighted by atomic mass is 10.2. The normalized spacial score (nSPS) is 26.1. The third-order valence-corrected chi connectivity index (χ3v) is 3.78. The van der Waals surface area contributed by atoms with Crippen LogP contribution in [0.3, 0.4) is 0 Å². The Morgan fingerprint density at radius 2 is 2.38 bits per heavy atom. The Hall–Kier alpha value is -0.590. The van der Waals surface area contributed by atoms with Crippen LogP contribution in [0.1, 0.15) is 19.8 Å². The van der Waals surface area contributed by atoms with Gasteiger partial charge in [0, 0.05) is 23.4 Å². The van der Waals surface area contributed by atoms with Gasteiger partial charge in [0.25, 0.3) is 9.05 Å². The molecule has 0 N–H and O–H groups in total. The van der Waals surface area contributed by atoms with Crippen LogP contribution in [-0.4, -0.2) is 30.2 Å². The molecule has 1 aromatic heterocycles. The Labute approximate surface area is 98.8 Å². The first kappa shape index (κ1) is 11.9. The highest BCUT2D eigenvalue weighted by Gasteiger charge is 2.22. The summed E-state index contributed by atoms with van der Waals surface area (Å²) in [5.74, 6) is 0. The molecule has 90 valence electrons. The SMILES string of the molecule is CC1CCC(Cn2cnc(S(=O)(=O)Cl)c2)O1. The minimum atomic E-state index is -3.73. The minimum absolute atomic E-state index is 0.111. The van der Waals surface area contributed by atoms with Crippen LogP contribution in [0.4, 0.5) is 0 Å². The molecule has 0 aromatic carbocycles. The number of imidazole rings is 1. The van der Waals surface area contributed by atoms with E-state index in [1.165, 1.54) is 12.5 Å². The van der Waals surface area contributed by atoms with Gasteiger partial charge in [-0.1, -0.05) is 0 Å². The Morgan fingerprint density at radius 1 is 1.62 bits per heavy atom. The zero-order valence-electron chi connectivity index (χ0n) is 8.84. The number of hydrogen-bond donors (Lipinski definition) is 0. The van der Waals surface area contributed by atoms with Crippen molar-refractivity contribution in [2.75, 3.05) is 0 Å². The van der Waals surface area contributed by atoms with Gasteiger partial charge in [-0.05, 0) is 19.8 Å². The number of hydrogen-bond acceptors (Lipinski definition) is 4. The third-order valence-electron chi connectivity index (χ3n) is 2.59. The van der Waals surface area contributed by atoms with Gasteiger partial charge in [-0.15, -0.1) is 0 Å². The molecule has 1 fully saturated rings. The van der Waals surface area contributed by atoms with Crippen LogP contribution in [0, 0.1) is 0 Å². The Morgan fingerprint density at radius 3 is 2.88 bits per heavy atom. The fourth-order valence-electron chi connectivity index (χ4n) is 1.82. The van der Waals surface area contributed by atoms with Crippen molar-refractivity contribution in [3.8, 4) is 0 Å². The predicted octanol–water partition coefficient (Wildman–Crippen LogP) is 1.38. The molecule has 1 aliphatic heterocycles. The molecule has 0 aliphatic carbocycles. The summed E-state index contributed by atoms with van der Waals surface area (Å²) in [5, 5.41) is -0.111. The van der Waals surface area contributed by atoms with Crippen molar-refractivity contribution in [3.63, 3.8) is 0 Å². The van der Waals surface area contributed by atoms with Crippen LogP contribution in [0.25, 0.3) is 0 Å². The van der Waals surface area contributed by atoms with Crippen molar-refractivity contribution in [1.29, 1.82) is 0 Å². The van der Waals surface area contributed by atoms with Crippen LogP contribution in [0.15, 0.2) is 17.6 Å². The van der Waals surface area contributed by atoms with Gasteiger partial charge < -0.3 is 9.30 Å². The zero-order chi connectivity index (χ0) is 11.8. The smallest absolute Gasteiger partial charge is 0.280 e. The maximum Gasteiger partial charge on any atom is 0.280 e. The summed E-state index contributed by atoms with van der Waals surface area (Å²) in [4.78, 5) is 3.74. The first-order chi connectivity index (χ1) is 7.45. The molecule has 2 atom stereocenters. The molecule has 2 unspecified atom stereocenters. The molecule has 2 heterocycles. The summed E-state index contributed by atoms with van der Waals surface area (Å²) in [7, 11) is 1.45. The Balaban J connectivity index is 2.03. The maximum atomic E-state index is 11.0. The predicted molar refractivity (Wildman–Crippen MR) is 58.8 cm³/mol. The van der Waals surface area contributed by atoms with Crippen LogP contribution in [-0.2, 0) is 20.3 Å². The van der Waals surface area contributed by atoms with Gasteiger partial charge in [0.1, 0.15) is 0 Å². The van der Waals surface area contributed by atoms with Gasteiger partial charge in [0.2, 0.25) is 0 Å². The number of ether oxygens (including phenoxy) is 1. The van der Waals surface area contributed by atoms with Gasteiger partial charge in [0.15, 0.2) is 5.03 Å². The second-order valence-corrected chi connectivity index (χ2v) is 6.51. The van der Waals surface area contributed by atoms with E-state index in [0.29, 0.717) is 6.54 Å². The summed E-state index contributed by atoms with van der Waals surface area (Å²) in [6.07, 6.45) is 5.33. The van der Waals surface area contributed by atoms with E-state index in [9.17, 15) is 8.42 Å². The first-order valence-corrected chi connectivity index (χ1v) is 7.38. The van der Waals surface area contributed by atoms with E-state index in [-0.39, 0.29) is 17.2 Å². The lowest BCUT2D eigenvalue weighted by Gasteiger charge is -2.10. The topological polar surface area (TPSA) is 61.2 Å². The molecule has 1 aliphatic rings. The van der Waals surface area contributed by atoms with Gasteiger partial charge >= 0.3 is 0 Å². The summed E-state index contributed by atoms with van der Waals surface area (Å²) < 4.78 is 29.3. The molecule has 0 amide bonds. The van der Waals surface area contributed by atoms with E-state index in [0.717, 1.165) is 12.8 Å². The van der Waals surface area contributed by atoms with Crippen LogP contribution in [0.2, 0.25) is 0 Å². The second kappa shape index (κ2) is 4.35. The van der Waals surface area contributed by atoms with Crippen molar-refractivity contribution in [2.45, 2.75) is 43.5 Å². The van der Waals surface area contributed by atoms with Crippen LogP contribution < -0.4 is 0 Å². The summed E-state index contributed by atoms with van der Waals surface area (Å²) >= 11 is 0. The van der Waals surface area contributed by atoms with Gasteiger partial charge in [-0.25, -0.2) is 13.4 Å². The average Bonchev–Trinajstić information content (AvgIpc) is 2.74. The highest BCUT2D eigenvalue weighted by Crippen LogP contribution is 2.21. The molecular formula is C9H13ClN2O3S.